The highest BCUT2D eigenvalue weighted by Crippen LogP contribution is 2.48. The zero-order valence-electron chi connectivity index (χ0n) is 22.2. The van der Waals surface area contributed by atoms with Crippen molar-refractivity contribution in [3.8, 4) is 0 Å². The van der Waals surface area contributed by atoms with Crippen molar-refractivity contribution in [2.24, 2.45) is 5.92 Å². The van der Waals surface area contributed by atoms with Gasteiger partial charge in [0.05, 0.1) is 12.2 Å². The molecule has 212 valence electrons. The Kier molecular flexibility index (Phi) is 7.35. The van der Waals surface area contributed by atoms with Crippen LogP contribution < -0.4 is 16.0 Å². The van der Waals surface area contributed by atoms with Gasteiger partial charge < -0.3 is 25.5 Å². The molecule has 4 aromatic rings. The fraction of sp³-hybridized carbons (Fsp3) is 0.333. The predicted molar refractivity (Wildman–Crippen MR) is 154 cm³/mol. The number of benzene rings is 1. The Morgan fingerprint density at radius 3 is 2.71 bits per heavy atom. The van der Waals surface area contributed by atoms with E-state index in [0.29, 0.717) is 47.6 Å². The van der Waals surface area contributed by atoms with Crippen LogP contribution in [0.25, 0.3) is 5.65 Å². The fourth-order valence-electron chi connectivity index (χ4n) is 5.37. The molecular weight excluding hydrogens is 547 g/mol. The van der Waals surface area contributed by atoms with E-state index in [2.05, 4.69) is 27.1 Å². The number of carbonyl (C=O) groups is 2. The van der Waals surface area contributed by atoms with E-state index in [1.54, 1.807) is 6.20 Å². The molecule has 3 aliphatic rings. The lowest BCUT2D eigenvalue weighted by Crippen LogP contribution is -2.53. The minimum atomic E-state index is -1.37. The Morgan fingerprint density at radius 1 is 1.20 bits per heavy atom. The maximum atomic E-state index is 15.5. The summed E-state index contributed by atoms with van der Waals surface area (Å²) in [6.07, 6.45) is 8.86. The van der Waals surface area contributed by atoms with Crippen LogP contribution in [0.5, 0.6) is 0 Å². The van der Waals surface area contributed by atoms with Gasteiger partial charge in [-0.2, -0.15) is 0 Å². The summed E-state index contributed by atoms with van der Waals surface area (Å²) in [6, 6.07) is 13.4. The Hall–Kier alpha value is -4.02. The Labute approximate surface area is 241 Å². The maximum absolute atomic E-state index is 15.5. The first kappa shape index (κ1) is 27.2. The minimum absolute atomic E-state index is 0.0374. The van der Waals surface area contributed by atoms with Crippen LogP contribution in [0, 0.1) is 5.92 Å². The summed E-state index contributed by atoms with van der Waals surface area (Å²) in [5, 5.41) is 16.9. The average Bonchev–Trinajstić information content (AvgIpc) is 3.87. The quantitative estimate of drug-likeness (QED) is 0.216. The summed E-state index contributed by atoms with van der Waals surface area (Å²) >= 11 is 6.10. The maximum Gasteiger partial charge on any atom is 0.290 e. The molecule has 41 heavy (non-hydrogen) atoms. The van der Waals surface area contributed by atoms with E-state index in [4.69, 9.17) is 26.5 Å². The highest BCUT2D eigenvalue weighted by atomic mass is 35.5. The average molecular weight is 577 g/mol. The van der Waals surface area contributed by atoms with E-state index in [-0.39, 0.29) is 24.2 Å². The van der Waals surface area contributed by atoms with Gasteiger partial charge in [-0.25, -0.2) is 14.4 Å². The zero-order chi connectivity index (χ0) is 28.6. The van der Waals surface area contributed by atoms with Gasteiger partial charge in [-0.15, -0.1) is 0 Å². The predicted octanol–water partition coefficient (Wildman–Crippen LogP) is 5.08. The number of aromatic nitrogens is 3. The van der Waals surface area contributed by atoms with Gasteiger partial charge in [0.25, 0.3) is 6.47 Å². The highest BCUT2D eigenvalue weighted by Gasteiger charge is 2.44. The molecule has 4 N–H and O–H groups in total. The lowest BCUT2D eigenvalue weighted by atomic mass is 9.89. The second-order valence-electron chi connectivity index (χ2n) is 10.9. The van der Waals surface area contributed by atoms with Crippen molar-refractivity contribution in [1.29, 1.82) is 0 Å². The molecule has 1 aliphatic heterocycles. The summed E-state index contributed by atoms with van der Waals surface area (Å²) in [5.41, 5.74) is 3.91. The molecule has 3 aromatic heterocycles. The first-order chi connectivity index (χ1) is 19.9. The highest BCUT2D eigenvalue weighted by molar-refractivity contribution is 6.30. The molecule has 2 aliphatic carbocycles. The van der Waals surface area contributed by atoms with Gasteiger partial charge in [-0.3, -0.25) is 9.59 Å². The number of hydrogen-bond acceptors (Lipinski definition) is 6. The van der Waals surface area contributed by atoms with E-state index in [1.807, 2.05) is 53.1 Å². The zero-order valence-corrected chi connectivity index (χ0v) is 22.9. The molecule has 9 nitrogen and oxygen atoms in total. The Morgan fingerprint density at radius 2 is 2.00 bits per heavy atom. The van der Waals surface area contributed by atoms with E-state index < -0.39 is 5.67 Å². The van der Waals surface area contributed by atoms with Crippen molar-refractivity contribution >= 4 is 41.1 Å². The van der Waals surface area contributed by atoms with Gasteiger partial charge in [0.2, 0.25) is 5.91 Å². The number of pyridine rings is 2. The molecule has 0 radical (unpaired) electrons. The lowest BCUT2D eigenvalue weighted by Gasteiger charge is -2.35. The molecule has 0 unspecified atom stereocenters. The summed E-state index contributed by atoms with van der Waals surface area (Å²) < 4.78 is 17.4. The molecular formula is C30H30ClFN6O3. The van der Waals surface area contributed by atoms with Crippen molar-refractivity contribution in [2.45, 2.75) is 43.3 Å². The van der Waals surface area contributed by atoms with Crippen LogP contribution in [0.4, 0.5) is 15.9 Å². The van der Waals surface area contributed by atoms with Crippen LogP contribution in [-0.2, 0) is 21.8 Å². The first-order valence-electron chi connectivity index (χ1n) is 13.6. The molecule has 3 fully saturated rings. The number of amides is 1. The Bertz CT molecular complexity index is 1600. The van der Waals surface area contributed by atoms with Crippen LogP contribution in [0.15, 0.2) is 61.1 Å². The third-order valence-corrected chi connectivity index (χ3v) is 8.09. The van der Waals surface area contributed by atoms with Crippen molar-refractivity contribution in [1.82, 2.24) is 19.7 Å². The van der Waals surface area contributed by atoms with Crippen molar-refractivity contribution in [2.75, 3.05) is 23.7 Å². The van der Waals surface area contributed by atoms with Gasteiger partial charge in [-0.1, -0.05) is 23.7 Å². The monoisotopic (exact) mass is 576 g/mol. The molecule has 4 heterocycles. The summed E-state index contributed by atoms with van der Waals surface area (Å²) in [7, 11) is 0. The van der Waals surface area contributed by atoms with Gasteiger partial charge in [-0.05, 0) is 66.5 Å². The Balaban J connectivity index is 0.000000967. The standard InChI is InChI=1S/C29H28ClFN6O.CH2O2/c30-20-3-1-2-18(8-20)23-11-24(23)28(38)36-26-10-21(6-7-33-26)34-12-22-14-37-13-19(17-4-5-17)9-25(27(37)35-22)29(31)15-32-16-29;2-1-3/h1-3,6-10,13-14,17,23-24,32H,4-5,11-12,15-16H2,(H2,33,34,36,38);1H,(H,2,3)/t23-,24+;/m1./s1. The first-order valence-corrected chi connectivity index (χ1v) is 14.0. The number of halogens is 2. The smallest absolute Gasteiger partial charge is 0.290 e. The number of imidazole rings is 1. The van der Waals surface area contributed by atoms with Crippen molar-refractivity contribution in [3.63, 3.8) is 0 Å². The summed E-state index contributed by atoms with van der Waals surface area (Å²) in [4.78, 5) is 30.3. The number of anilines is 2. The van der Waals surface area contributed by atoms with Crippen LogP contribution in [-0.4, -0.2) is 44.9 Å². The molecule has 7 rings (SSSR count). The number of carboxylic acid groups (broad SMARTS) is 1. The van der Waals surface area contributed by atoms with Crippen LogP contribution in [0.2, 0.25) is 5.02 Å². The topological polar surface area (TPSA) is 121 Å². The number of alkyl halides is 1. The molecule has 0 bridgehead atoms. The van der Waals surface area contributed by atoms with Crippen molar-refractivity contribution in [3.05, 3.63) is 88.5 Å². The SMILES string of the molecule is O=C(Nc1cc(NCc2cn3cc(C4CC4)cc(C4(F)CNC4)c3n2)ccn1)[C@H]1C[C@@H]1c1cccc(Cl)c1.O=CO. The summed E-state index contributed by atoms with van der Waals surface area (Å²) in [5.74, 6) is 1.10. The number of carbonyl (C=O) groups excluding carboxylic acids is 1. The normalized spacial score (nSPS) is 20.3. The number of fused-ring (bicyclic) bond motifs is 1. The van der Waals surface area contributed by atoms with E-state index in [9.17, 15) is 4.79 Å². The van der Waals surface area contributed by atoms with Gasteiger partial charge in [0, 0.05) is 59.9 Å². The van der Waals surface area contributed by atoms with E-state index in [1.165, 1.54) is 5.56 Å². The molecule has 1 amide bonds. The fourth-order valence-corrected chi connectivity index (χ4v) is 5.57. The number of hydrogen-bond donors (Lipinski definition) is 4. The molecule has 2 atom stereocenters. The third kappa shape index (κ3) is 5.89. The van der Waals surface area contributed by atoms with Gasteiger partial charge >= 0.3 is 0 Å². The van der Waals surface area contributed by atoms with E-state index in [0.717, 1.165) is 36.2 Å². The van der Waals surface area contributed by atoms with E-state index >= 15 is 4.39 Å². The molecule has 1 saturated heterocycles. The van der Waals surface area contributed by atoms with Crippen LogP contribution in [0.1, 0.15) is 53.5 Å². The largest absolute Gasteiger partial charge is 0.483 e. The second-order valence-corrected chi connectivity index (χ2v) is 11.3. The van der Waals surface area contributed by atoms with Crippen LogP contribution in [0.3, 0.4) is 0 Å². The molecule has 1 aromatic carbocycles. The second kappa shape index (κ2) is 11.1. The lowest BCUT2D eigenvalue weighted by molar-refractivity contribution is -0.123. The summed E-state index contributed by atoms with van der Waals surface area (Å²) in [6.45, 7) is 0.862. The molecule has 2 saturated carbocycles. The molecule has 11 heteroatoms. The number of rotatable bonds is 8. The third-order valence-electron chi connectivity index (χ3n) is 7.85. The van der Waals surface area contributed by atoms with Gasteiger partial charge in [0.15, 0.2) is 5.67 Å². The number of nitrogens with zero attached hydrogens (tertiary/aromatic N) is 3. The van der Waals surface area contributed by atoms with Crippen molar-refractivity contribution < 1.29 is 19.1 Å². The minimum Gasteiger partial charge on any atom is -0.483 e. The molecule has 0 spiro atoms. The van der Waals surface area contributed by atoms with Gasteiger partial charge in [0.1, 0.15) is 11.5 Å². The number of nitrogens with one attached hydrogen (secondary N) is 3. The van der Waals surface area contributed by atoms with Crippen LogP contribution >= 0.6 is 11.6 Å².